The summed E-state index contributed by atoms with van der Waals surface area (Å²) in [7, 11) is 1.43. The second kappa shape index (κ2) is 4.79. The Hall–Kier alpha value is -2.49. The lowest BCUT2D eigenvalue weighted by atomic mass is 10.0. The Bertz CT molecular complexity index is 573. The van der Waals surface area contributed by atoms with Gasteiger partial charge in [-0.05, 0) is 36.4 Å². The molecule has 92 valence electrons. The van der Waals surface area contributed by atoms with Crippen molar-refractivity contribution in [3.8, 4) is 17.2 Å². The van der Waals surface area contributed by atoms with Crippen LogP contribution in [0.25, 0.3) is 0 Å². The quantitative estimate of drug-likeness (QED) is 0.813. The van der Waals surface area contributed by atoms with E-state index in [9.17, 15) is 15.0 Å². The number of ether oxygens (including phenoxy) is 1. The monoisotopic (exact) mass is 244 g/mol. The van der Waals surface area contributed by atoms with Gasteiger partial charge >= 0.3 is 0 Å². The minimum Gasteiger partial charge on any atom is -0.508 e. The zero-order valence-corrected chi connectivity index (χ0v) is 9.75. The van der Waals surface area contributed by atoms with E-state index in [0.29, 0.717) is 16.9 Å². The summed E-state index contributed by atoms with van der Waals surface area (Å²) in [6.45, 7) is 0. The summed E-state index contributed by atoms with van der Waals surface area (Å²) in [6.07, 6.45) is 0. The summed E-state index contributed by atoms with van der Waals surface area (Å²) < 4.78 is 5.06. The van der Waals surface area contributed by atoms with Gasteiger partial charge in [0.25, 0.3) is 0 Å². The Kier molecular flexibility index (Phi) is 3.19. The number of methoxy groups -OCH3 is 1. The molecule has 0 saturated carbocycles. The van der Waals surface area contributed by atoms with Gasteiger partial charge in [-0.2, -0.15) is 0 Å². The fourth-order valence-electron chi connectivity index (χ4n) is 1.64. The van der Waals surface area contributed by atoms with Gasteiger partial charge in [-0.1, -0.05) is 0 Å². The normalized spacial score (nSPS) is 10.1. The molecule has 0 aliphatic heterocycles. The van der Waals surface area contributed by atoms with Crippen LogP contribution in [0.5, 0.6) is 17.2 Å². The predicted molar refractivity (Wildman–Crippen MR) is 66.2 cm³/mol. The molecule has 0 unspecified atom stereocenters. The number of phenols is 2. The number of ketones is 1. The van der Waals surface area contributed by atoms with Crippen LogP contribution < -0.4 is 4.74 Å². The van der Waals surface area contributed by atoms with Gasteiger partial charge in [-0.3, -0.25) is 4.79 Å². The number of carbonyl (C=O) groups is 1. The first-order valence-corrected chi connectivity index (χ1v) is 5.32. The van der Waals surface area contributed by atoms with Crippen LogP contribution in [0.2, 0.25) is 0 Å². The molecule has 0 heterocycles. The molecular formula is C14H12O4. The number of aromatic hydroxyl groups is 2. The van der Waals surface area contributed by atoms with Gasteiger partial charge in [-0.15, -0.1) is 0 Å². The van der Waals surface area contributed by atoms with Crippen LogP contribution in [0.4, 0.5) is 0 Å². The third-order valence-electron chi connectivity index (χ3n) is 2.56. The summed E-state index contributed by atoms with van der Waals surface area (Å²) in [5.41, 5.74) is 0.803. The molecule has 4 heteroatoms. The van der Waals surface area contributed by atoms with Crippen molar-refractivity contribution in [3.05, 3.63) is 53.6 Å². The Morgan fingerprint density at radius 3 is 2.22 bits per heavy atom. The first kappa shape index (κ1) is 12.0. The molecule has 0 aliphatic rings. The highest BCUT2D eigenvalue weighted by Gasteiger charge is 2.14. The Labute approximate surface area is 104 Å². The summed E-state index contributed by atoms with van der Waals surface area (Å²) in [6, 6.07) is 10.3. The van der Waals surface area contributed by atoms with Crippen LogP contribution in [-0.2, 0) is 0 Å². The van der Waals surface area contributed by atoms with Crippen LogP contribution in [0.1, 0.15) is 15.9 Å². The van der Waals surface area contributed by atoms with Crippen molar-refractivity contribution in [1.29, 1.82) is 0 Å². The van der Waals surface area contributed by atoms with Gasteiger partial charge in [0.1, 0.15) is 17.2 Å². The first-order chi connectivity index (χ1) is 8.61. The molecule has 0 aromatic heterocycles. The SMILES string of the molecule is COc1cc(O)ccc1C(=O)c1ccc(O)cc1. The molecule has 0 saturated heterocycles. The molecule has 2 N–H and O–H groups in total. The number of carbonyl (C=O) groups excluding carboxylic acids is 1. The van der Waals surface area contributed by atoms with Gasteiger partial charge in [0.05, 0.1) is 12.7 Å². The van der Waals surface area contributed by atoms with Crippen molar-refractivity contribution < 1.29 is 19.7 Å². The smallest absolute Gasteiger partial charge is 0.196 e. The Morgan fingerprint density at radius 2 is 1.61 bits per heavy atom. The molecule has 0 spiro atoms. The van der Waals surface area contributed by atoms with Crippen molar-refractivity contribution in [2.45, 2.75) is 0 Å². The molecule has 18 heavy (non-hydrogen) atoms. The van der Waals surface area contributed by atoms with E-state index in [1.807, 2.05) is 0 Å². The molecule has 2 rings (SSSR count). The number of rotatable bonds is 3. The van der Waals surface area contributed by atoms with Crippen LogP contribution in [0.3, 0.4) is 0 Å². The molecule has 2 aromatic rings. The molecule has 0 aliphatic carbocycles. The summed E-state index contributed by atoms with van der Waals surface area (Å²) in [5.74, 6) is 0.221. The van der Waals surface area contributed by atoms with E-state index in [0.717, 1.165) is 0 Å². The largest absolute Gasteiger partial charge is 0.508 e. The fraction of sp³-hybridized carbons (Fsp3) is 0.0714. The van der Waals surface area contributed by atoms with Crippen LogP contribution in [-0.4, -0.2) is 23.1 Å². The zero-order valence-electron chi connectivity index (χ0n) is 9.75. The highest BCUT2D eigenvalue weighted by molar-refractivity contribution is 6.10. The van der Waals surface area contributed by atoms with Crippen molar-refractivity contribution in [1.82, 2.24) is 0 Å². The first-order valence-electron chi connectivity index (χ1n) is 5.32. The lowest BCUT2D eigenvalue weighted by Crippen LogP contribution is -2.03. The Balaban J connectivity index is 2.42. The van der Waals surface area contributed by atoms with Crippen molar-refractivity contribution in [2.24, 2.45) is 0 Å². The second-order valence-electron chi connectivity index (χ2n) is 3.76. The van der Waals surface area contributed by atoms with Crippen LogP contribution in [0, 0.1) is 0 Å². The summed E-state index contributed by atoms with van der Waals surface area (Å²) in [5, 5.41) is 18.5. The number of hydrogen-bond acceptors (Lipinski definition) is 4. The van der Waals surface area contributed by atoms with Crippen LogP contribution in [0.15, 0.2) is 42.5 Å². The topological polar surface area (TPSA) is 66.8 Å². The molecule has 0 fully saturated rings. The average Bonchev–Trinajstić information content (AvgIpc) is 2.38. The van der Waals surface area contributed by atoms with Crippen molar-refractivity contribution >= 4 is 5.78 Å². The standard InChI is InChI=1S/C14H12O4/c1-18-13-8-11(16)6-7-12(13)14(17)9-2-4-10(15)5-3-9/h2-8,15-16H,1H3. The molecule has 0 bridgehead atoms. The molecule has 0 radical (unpaired) electrons. The average molecular weight is 244 g/mol. The number of phenolic OH excluding ortho intramolecular Hbond substituents is 2. The number of benzene rings is 2. The van der Waals surface area contributed by atoms with E-state index in [2.05, 4.69) is 0 Å². The molecule has 0 amide bonds. The second-order valence-corrected chi connectivity index (χ2v) is 3.76. The van der Waals surface area contributed by atoms with E-state index in [4.69, 9.17) is 4.74 Å². The lowest BCUT2D eigenvalue weighted by Gasteiger charge is -2.08. The van der Waals surface area contributed by atoms with Gasteiger partial charge in [-0.25, -0.2) is 0 Å². The third kappa shape index (κ3) is 2.27. The molecule has 0 atom stereocenters. The maximum Gasteiger partial charge on any atom is 0.196 e. The summed E-state index contributed by atoms with van der Waals surface area (Å²) >= 11 is 0. The minimum atomic E-state index is -0.230. The maximum atomic E-state index is 12.2. The molecule has 4 nitrogen and oxygen atoms in total. The molecule has 2 aromatic carbocycles. The fourth-order valence-corrected chi connectivity index (χ4v) is 1.64. The number of hydrogen-bond donors (Lipinski definition) is 2. The van der Waals surface area contributed by atoms with Gasteiger partial charge in [0.2, 0.25) is 0 Å². The molecular weight excluding hydrogens is 232 g/mol. The highest BCUT2D eigenvalue weighted by Crippen LogP contribution is 2.26. The van der Waals surface area contributed by atoms with Gasteiger partial charge in [0, 0.05) is 11.6 Å². The van der Waals surface area contributed by atoms with Crippen LogP contribution >= 0.6 is 0 Å². The van der Waals surface area contributed by atoms with Gasteiger partial charge < -0.3 is 14.9 Å². The van der Waals surface area contributed by atoms with E-state index in [1.54, 1.807) is 0 Å². The van der Waals surface area contributed by atoms with Crippen molar-refractivity contribution in [3.63, 3.8) is 0 Å². The van der Waals surface area contributed by atoms with Crippen molar-refractivity contribution in [2.75, 3.05) is 7.11 Å². The lowest BCUT2D eigenvalue weighted by molar-refractivity contribution is 0.103. The summed E-state index contributed by atoms with van der Waals surface area (Å²) in [4.78, 5) is 12.2. The van der Waals surface area contributed by atoms with E-state index >= 15 is 0 Å². The maximum absolute atomic E-state index is 12.2. The zero-order chi connectivity index (χ0) is 13.1. The third-order valence-corrected chi connectivity index (χ3v) is 2.56. The van der Waals surface area contributed by atoms with E-state index in [1.165, 1.54) is 49.6 Å². The van der Waals surface area contributed by atoms with E-state index < -0.39 is 0 Å². The minimum absolute atomic E-state index is 0.0362. The highest BCUT2D eigenvalue weighted by atomic mass is 16.5. The Morgan fingerprint density at radius 1 is 1.00 bits per heavy atom. The van der Waals surface area contributed by atoms with E-state index in [-0.39, 0.29) is 17.3 Å². The predicted octanol–water partition coefficient (Wildman–Crippen LogP) is 2.34. The van der Waals surface area contributed by atoms with Gasteiger partial charge in [0.15, 0.2) is 5.78 Å².